The van der Waals surface area contributed by atoms with Crippen molar-refractivity contribution in [3.05, 3.63) is 22.7 Å². The lowest BCUT2D eigenvalue weighted by Gasteiger charge is -2.09. The average Bonchev–Trinajstić information content (AvgIpc) is 2.17. The highest BCUT2D eigenvalue weighted by atomic mass is 35.5. The summed E-state index contributed by atoms with van der Waals surface area (Å²) in [6.45, 7) is 0. The first-order chi connectivity index (χ1) is 6.24. The minimum Gasteiger partial charge on any atom is -0.495 e. The highest BCUT2D eigenvalue weighted by molar-refractivity contribution is 6.32. The smallest absolute Gasteiger partial charge is 0.156 e. The summed E-state index contributed by atoms with van der Waals surface area (Å²) in [6.07, 6.45) is 5.30. The number of hydrogen-bond donors (Lipinski definition) is 0. The van der Waals surface area contributed by atoms with Crippen LogP contribution in [0.5, 0.6) is 11.5 Å². The monoisotopic (exact) mass is 196 g/mol. The van der Waals surface area contributed by atoms with Gasteiger partial charge in [0, 0.05) is 0 Å². The van der Waals surface area contributed by atoms with E-state index in [1.165, 1.54) is 7.11 Å². The molecule has 0 amide bonds. The van der Waals surface area contributed by atoms with Crippen LogP contribution in [0, 0.1) is 12.3 Å². The molecule has 13 heavy (non-hydrogen) atoms. The third kappa shape index (κ3) is 1.71. The maximum Gasteiger partial charge on any atom is 0.156 e. The molecule has 0 fully saturated rings. The molecule has 0 aliphatic heterocycles. The van der Waals surface area contributed by atoms with Crippen molar-refractivity contribution in [3.8, 4) is 23.8 Å². The highest BCUT2D eigenvalue weighted by Crippen LogP contribution is 2.34. The van der Waals surface area contributed by atoms with Crippen molar-refractivity contribution in [2.45, 2.75) is 0 Å². The SMILES string of the molecule is C#Cc1c(OC)ccc(Cl)c1OC. The third-order valence-corrected chi connectivity index (χ3v) is 1.94. The van der Waals surface area contributed by atoms with Gasteiger partial charge in [-0.2, -0.15) is 0 Å². The van der Waals surface area contributed by atoms with E-state index in [1.54, 1.807) is 19.2 Å². The molecule has 0 atom stereocenters. The lowest BCUT2D eigenvalue weighted by atomic mass is 10.2. The van der Waals surface area contributed by atoms with Gasteiger partial charge in [0.15, 0.2) is 5.75 Å². The van der Waals surface area contributed by atoms with Crippen LogP contribution >= 0.6 is 11.6 Å². The molecule has 1 aromatic rings. The summed E-state index contributed by atoms with van der Waals surface area (Å²) in [7, 11) is 3.06. The van der Waals surface area contributed by atoms with Crippen molar-refractivity contribution >= 4 is 11.6 Å². The molecule has 0 saturated heterocycles. The fourth-order valence-electron chi connectivity index (χ4n) is 1.05. The van der Waals surface area contributed by atoms with Gasteiger partial charge in [-0.1, -0.05) is 17.5 Å². The van der Waals surface area contributed by atoms with Crippen LogP contribution in [-0.2, 0) is 0 Å². The van der Waals surface area contributed by atoms with Crippen LogP contribution in [0.4, 0.5) is 0 Å². The first kappa shape index (κ1) is 9.76. The van der Waals surface area contributed by atoms with Crippen LogP contribution in [0.1, 0.15) is 5.56 Å². The Bertz CT molecular complexity index is 353. The Morgan fingerprint density at radius 1 is 1.31 bits per heavy atom. The van der Waals surface area contributed by atoms with E-state index >= 15 is 0 Å². The Balaban J connectivity index is 3.39. The third-order valence-electron chi connectivity index (χ3n) is 1.64. The predicted octanol–water partition coefficient (Wildman–Crippen LogP) is 2.34. The molecule has 1 aromatic carbocycles. The summed E-state index contributed by atoms with van der Waals surface area (Å²) in [5, 5.41) is 0.483. The lowest BCUT2D eigenvalue weighted by molar-refractivity contribution is 0.392. The van der Waals surface area contributed by atoms with Crippen LogP contribution in [0.3, 0.4) is 0 Å². The second kappa shape index (κ2) is 4.06. The molecule has 0 radical (unpaired) electrons. The molecule has 0 bridgehead atoms. The van der Waals surface area contributed by atoms with E-state index in [0.29, 0.717) is 22.1 Å². The molecule has 0 N–H and O–H groups in total. The van der Waals surface area contributed by atoms with Gasteiger partial charge in [-0.15, -0.1) is 6.42 Å². The normalized spacial score (nSPS) is 9.08. The van der Waals surface area contributed by atoms with Gasteiger partial charge < -0.3 is 9.47 Å². The Labute approximate surface area is 82.4 Å². The summed E-state index contributed by atoms with van der Waals surface area (Å²) in [4.78, 5) is 0. The van der Waals surface area contributed by atoms with Crippen LogP contribution in [0.2, 0.25) is 5.02 Å². The molecule has 0 saturated carbocycles. The molecule has 0 aliphatic rings. The topological polar surface area (TPSA) is 18.5 Å². The standard InChI is InChI=1S/C10H9ClO2/c1-4-7-9(12-2)6-5-8(11)10(7)13-3/h1,5-6H,2-3H3. The molecule has 0 heterocycles. The summed E-state index contributed by atoms with van der Waals surface area (Å²) >= 11 is 5.86. The molecular formula is C10H9ClO2. The second-order valence-corrected chi connectivity index (χ2v) is 2.71. The first-order valence-corrected chi connectivity index (χ1v) is 3.99. The van der Waals surface area contributed by atoms with Gasteiger partial charge in [-0.25, -0.2) is 0 Å². The first-order valence-electron chi connectivity index (χ1n) is 3.61. The zero-order chi connectivity index (χ0) is 9.84. The quantitative estimate of drug-likeness (QED) is 0.676. The molecule has 68 valence electrons. The van der Waals surface area contributed by atoms with E-state index < -0.39 is 0 Å². The number of benzene rings is 1. The van der Waals surface area contributed by atoms with E-state index in [9.17, 15) is 0 Å². The van der Waals surface area contributed by atoms with E-state index in [4.69, 9.17) is 27.5 Å². The fourth-order valence-corrected chi connectivity index (χ4v) is 1.28. The zero-order valence-electron chi connectivity index (χ0n) is 7.43. The molecule has 0 aromatic heterocycles. The number of ether oxygens (including phenoxy) is 2. The van der Waals surface area contributed by atoms with Gasteiger partial charge in [0.05, 0.1) is 19.2 Å². The number of hydrogen-bond acceptors (Lipinski definition) is 2. The van der Waals surface area contributed by atoms with Crippen LogP contribution < -0.4 is 9.47 Å². The van der Waals surface area contributed by atoms with Crippen LogP contribution in [0.15, 0.2) is 12.1 Å². The predicted molar refractivity (Wildman–Crippen MR) is 52.5 cm³/mol. The number of terminal acetylenes is 1. The minimum absolute atomic E-state index is 0.475. The Hall–Kier alpha value is -1.33. The van der Waals surface area contributed by atoms with Gasteiger partial charge in [0.25, 0.3) is 0 Å². The molecular weight excluding hydrogens is 188 g/mol. The van der Waals surface area contributed by atoms with Crippen molar-refractivity contribution in [2.75, 3.05) is 14.2 Å². The van der Waals surface area contributed by atoms with Gasteiger partial charge in [0.1, 0.15) is 11.3 Å². The Morgan fingerprint density at radius 2 is 2.00 bits per heavy atom. The van der Waals surface area contributed by atoms with E-state index in [2.05, 4.69) is 5.92 Å². The van der Waals surface area contributed by atoms with Gasteiger partial charge in [-0.05, 0) is 12.1 Å². The Kier molecular flexibility index (Phi) is 3.05. The Morgan fingerprint density at radius 3 is 2.46 bits per heavy atom. The summed E-state index contributed by atoms with van der Waals surface area (Å²) in [6, 6.07) is 3.39. The number of halogens is 1. The van der Waals surface area contributed by atoms with Crippen LogP contribution in [0.25, 0.3) is 0 Å². The average molecular weight is 197 g/mol. The second-order valence-electron chi connectivity index (χ2n) is 2.30. The van der Waals surface area contributed by atoms with E-state index in [1.807, 2.05) is 0 Å². The van der Waals surface area contributed by atoms with Crippen molar-refractivity contribution in [3.63, 3.8) is 0 Å². The zero-order valence-corrected chi connectivity index (χ0v) is 8.18. The number of methoxy groups -OCH3 is 2. The van der Waals surface area contributed by atoms with Crippen molar-refractivity contribution < 1.29 is 9.47 Å². The fraction of sp³-hybridized carbons (Fsp3) is 0.200. The van der Waals surface area contributed by atoms with Crippen molar-refractivity contribution in [1.82, 2.24) is 0 Å². The molecule has 2 nitrogen and oxygen atoms in total. The van der Waals surface area contributed by atoms with E-state index in [-0.39, 0.29) is 0 Å². The van der Waals surface area contributed by atoms with Gasteiger partial charge in [0.2, 0.25) is 0 Å². The maximum atomic E-state index is 5.86. The molecule has 0 aliphatic carbocycles. The van der Waals surface area contributed by atoms with Crippen LogP contribution in [-0.4, -0.2) is 14.2 Å². The van der Waals surface area contributed by atoms with Crippen molar-refractivity contribution in [1.29, 1.82) is 0 Å². The van der Waals surface area contributed by atoms with Crippen molar-refractivity contribution in [2.24, 2.45) is 0 Å². The summed E-state index contributed by atoms with van der Waals surface area (Å²) in [5.74, 6) is 3.53. The maximum absolute atomic E-state index is 5.86. The number of rotatable bonds is 2. The summed E-state index contributed by atoms with van der Waals surface area (Å²) in [5.41, 5.74) is 0.539. The molecule has 1 rings (SSSR count). The summed E-state index contributed by atoms with van der Waals surface area (Å²) < 4.78 is 10.1. The molecule has 0 spiro atoms. The highest BCUT2D eigenvalue weighted by Gasteiger charge is 2.10. The van der Waals surface area contributed by atoms with E-state index in [0.717, 1.165) is 0 Å². The molecule has 3 heteroatoms. The minimum atomic E-state index is 0.475. The van der Waals surface area contributed by atoms with Gasteiger partial charge in [-0.3, -0.25) is 0 Å². The molecule has 0 unspecified atom stereocenters. The van der Waals surface area contributed by atoms with Gasteiger partial charge >= 0.3 is 0 Å². The largest absolute Gasteiger partial charge is 0.495 e. The lowest BCUT2D eigenvalue weighted by Crippen LogP contribution is -1.93.